The second-order valence-electron chi connectivity index (χ2n) is 5.38. The molecule has 1 fully saturated rings. The third-order valence-electron chi connectivity index (χ3n) is 3.48. The molecule has 1 heterocycles. The Morgan fingerprint density at radius 3 is 2.67 bits per heavy atom. The second-order valence-corrected chi connectivity index (χ2v) is 7.60. The third kappa shape index (κ3) is 4.04. The molecule has 114 valence electrons. The number of aromatic carboxylic acids is 1. The Morgan fingerprint density at radius 1 is 1.38 bits per heavy atom. The Hall–Kier alpha value is -1.89. The Labute approximate surface area is 123 Å². The van der Waals surface area contributed by atoms with Gasteiger partial charge in [-0.1, -0.05) is 6.07 Å². The first kappa shape index (κ1) is 15.5. The van der Waals surface area contributed by atoms with Gasteiger partial charge in [-0.2, -0.15) is 0 Å². The first-order valence-corrected chi connectivity index (χ1v) is 8.43. The molecular weight excluding hydrogens is 294 g/mol. The summed E-state index contributed by atoms with van der Waals surface area (Å²) in [6.07, 6.45) is 0.571. The van der Waals surface area contributed by atoms with Crippen molar-refractivity contribution in [2.45, 2.75) is 19.8 Å². The van der Waals surface area contributed by atoms with E-state index in [1.165, 1.54) is 6.07 Å². The summed E-state index contributed by atoms with van der Waals surface area (Å²) in [6.45, 7) is 1.80. The van der Waals surface area contributed by atoms with Gasteiger partial charge in [-0.15, -0.1) is 0 Å². The van der Waals surface area contributed by atoms with Gasteiger partial charge in [0, 0.05) is 6.42 Å². The highest BCUT2D eigenvalue weighted by Crippen LogP contribution is 2.23. The first-order valence-electron chi connectivity index (χ1n) is 6.61. The molecule has 1 aliphatic rings. The van der Waals surface area contributed by atoms with Crippen molar-refractivity contribution in [2.75, 3.05) is 16.8 Å². The molecule has 0 spiro atoms. The maximum atomic E-state index is 12.0. The van der Waals surface area contributed by atoms with Crippen molar-refractivity contribution in [1.82, 2.24) is 0 Å². The molecule has 2 rings (SSSR count). The lowest BCUT2D eigenvalue weighted by Gasteiger charge is -2.11. The van der Waals surface area contributed by atoms with E-state index in [1.807, 2.05) is 0 Å². The number of rotatable bonds is 4. The molecule has 6 nitrogen and oxygen atoms in total. The fraction of sp³-hybridized carbons (Fsp3) is 0.429. The summed E-state index contributed by atoms with van der Waals surface area (Å²) >= 11 is 0. The van der Waals surface area contributed by atoms with Crippen LogP contribution < -0.4 is 5.32 Å². The van der Waals surface area contributed by atoms with Crippen molar-refractivity contribution in [1.29, 1.82) is 0 Å². The molecule has 1 amide bonds. The summed E-state index contributed by atoms with van der Waals surface area (Å²) in [6, 6.07) is 4.68. The van der Waals surface area contributed by atoms with Gasteiger partial charge in [0.2, 0.25) is 5.91 Å². The molecule has 21 heavy (non-hydrogen) atoms. The van der Waals surface area contributed by atoms with Crippen LogP contribution in [-0.2, 0) is 14.6 Å². The molecule has 1 aromatic carbocycles. The summed E-state index contributed by atoms with van der Waals surface area (Å²) < 4.78 is 22.7. The smallest absolute Gasteiger partial charge is 0.337 e. The maximum Gasteiger partial charge on any atom is 0.337 e. The van der Waals surface area contributed by atoms with Gasteiger partial charge in [0.25, 0.3) is 0 Å². The van der Waals surface area contributed by atoms with Crippen molar-refractivity contribution in [3.63, 3.8) is 0 Å². The van der Waals surface area contributed by atoms with Gasteiger partial charge in [-0.25, -0.2) is 13.2 Å². The molecule has 1 aromatic rings. The zero-order valence-corrected chi connectivity index (χ0v) is 12.4. The van der Waals surface area contributed by atoms with Crippen molar-refractivity contribution < 1.29 is 23.1 Å². The van der Waals surface area contributed by atoms with Crippen LogP contribution in [0.1, 0.15) is 28.8 Å². The van der Waals surface area contributed by atoms with Gasteiger partial charge in [0.1, 0.15) is 0 Å². The van der Waals surface area contributed by atoms with E-state index in [2.05, 4.69) is 5.32 Å². The lowest BCUT2D eigenvalue weighted by Crippen LogP contribution is -2.19. The number of benzene rings is 1. The van der Waals surface area contributed by atoms with Crippen LogP contribution >= 0.6 is 0 Å². The minimum Gasteiger partial charge on any atom is -0.478 e. The summed E-state index contributed by atoms with van der Waals surface area (Å²) in [5.74, 6) is -1.51. The number of carboxylic acid groups (broad SMARTS) is 1. The van der Waals surface area contributed by atoms with Crippen LogP contribution in [0.3, 0.4) is 0 Å². The molecule has 2 N–H and O–H groups in total. The topological polar surface area (TPSA) is 101 Å². The molecular formula is C14H17NO5S. The summed E-state index contributed by atoms with van der Waals surface area (Å²) in [4.78, 5) is 23.1. The van der Waals surface area contributed by atoms with Gasteiger partial charge in [-0.05, 0) is 37.0 Å². The van der Waals surface area contributed by atoms with Gasteiger partial charge in [-0.3, -0.25) is 4.79 Å². The van der Waals surface area contributed by atoms with Crippen molar-refractivity contribution in [3.8, 4) is 0 Å². The predicted octanol–water partition coefficient (Wildman–Crippen LogP) is 1.46. The summed E-state index contributed by atoms with van der Waals surface area (Å²) in [7, 11) is -3.02. The number of carbonyl (C=O) groups excluding carboxylic acids is 1. The second kappa shape index (κ2) is 5.85. The van der Waals surface area contributed by atoms with E-state index in [1.54, 1.807) is 19.1 Å². The molecule has 1 aliphatic heterocycles. The fourth-order valence-corrected chi connectivity index (χ4v) is 4.31. The highest BCUT2D eigenvalue weighted by atomic mass is 32.2. The van der Waals surface area contributed by atoms with E-state index in [0.29, 0.717) is 6.42 Å². The lowest BCUT2D eigenvalue weighted by atomic mass is 10.0. The van der Waals surface area contributed by atoms with Crippen LogP contribution in [0.4, 0.5) is 5.69 Å². The number of carboxylic acids is 1. The molecule has 1 atom stereocenters. The molecule has 0 aromatic heterocycles. The quantitative estimate of drug-likeness (QED) is 0.876. The van der Waals surface area contributed by atoms with E-state index in [4.69, 9.17) is 5.11 Å². The van der Waals surface area contributed by atoms with E-state index >= 15 is 0 Å². The van der Waals surface area contributed by atoms with Crippen LogP contribution in [0.2, 0.25) is 0 Å². The van der Waals surface area contributed by atoms with Gasteiger partial charge in [0.15, 0.2) is 9.84 Å². The van der Waals surface area contributed by atoms with E-state index in [0.717, 1.165) is 5.56 Å². The molecule has 0 radical (unpaired) electrons. The summed E-state index contributed by atoms with van der Waals surface area (Å²) in [5.41, 5.74) is 1.10. The standard InChI is InChI=1S/C14H17NO5S/c1-9-2-3-11(14(17)18)12(6-9)15-13(16)7-10-4-5-21(19,20)8-10/h2-3,6,10H,4-5,7-8H2,1H3,(H,15,16)(H,17,18)/t10-/m0/s1. The number of hydrogen-bond acceptors (Lipinski definition) is 4. The number of amides is 1. The number of carbonyl (C=O) groups is 2. The Kier molecular flexibility index (Phi) is 4.32. The largest absolute Gasteiger partial charge is 0.478 e. The fourth-order valence-electron chi connectivity index (χ4n) is 2.44. The van der Waals surface area contributed by atoms with Gasteiger partial charge >= 0.3 is 5.97 Å². The molecule has 0 bridgehead atoms. The Morgan fingerprint density at radius 2 is 2.10 bits per heavy atom. The lowest BCUT2D eigenvalue weighted by molar-refractivity contribution is -0.116. The SMILES string of the molecule is Cc1ccc(C(=O)O)c(NC(=O)C[C@@H]2CCS(=O)(=O)C2)c1. The number of anilines is 1. The molecule has 7 heteroatoms. The summed E-state index contributed by atoms with van der Waals surface area (Å²) in [5, 5.41) is 11.7. The van der Waals surface area contributed by atoms with E-state index in [-0.39, 0.29) is 41.0 Å². The molecule has 0 unspecified atom stereocenters. The van der Waals surface area contributed by atoms with Crippen molar-refractivity contribution >= 4 is 27.4 Å². The minimum absolute atomic E-state index is 0.0213. The first-order chi connectivity index (χ1) is 9.77. The van der Waals surface area contributed by atoms with Gasteiger partial charge in [0.05, 0.1) is 22.8 Å². The average Bonchev–Trinajstić information content (AvgIpc) is 2.67. The van der Waals surface area contributed by atoms with Crippen molar-refractivity contribution in [3.05, 3.63) is 29.3 Å². The molecule has 0 aliphatic carbocycles. The highest BCUT2D eigenvalue weighted by Gasteiger charge is 2.29. The normalized spacial score (nSPS) is 20.1. The van der Waals surface area contributed by atoms with Crippen LogP contribution in [0.5, 0.6) is 0 Å². The zero-order valence-electron chi connectivity index (χ0n) is 11.6. The predicted molar refractivity (Wildman–Crippen MR) is 78.1 cm³/mol. The number of hydrogen-bond donors (Lipinski definition) is 2. The number of aryl methyl sites for hydroxylation is 1. The molecule has 0 saturated carbocycles. The van der Waals surface area contributed by atoms with Crippen LogP contribution in [0, 0.1) is 12.8 Å². The highest BCUT2D eigenvalue weighted by molar-refractivity contribution is 7.91. The number of sulfone groups is 1. The average molecular weight is 311 g/mol. The Balaban J connectivity index is 2.06. The minimum atomic E-state index is -3.02. The zero-order chi connectivity index (χ0) is 15.6. The van der Waals surface area contributed by atoms with Crippen LogP contribution in [0.25, 0.3) is 0 Å². The van der Waals surface area contributed by atoms with Crippen LogP contribution in [0.15, 0.2) is 18.2 Å². The van der Waals surface area contributed by atoms with E-state index in [9.17, 15) is 18.0 Å². The monoisotopic (exact) mass is 311 g/mol. The molecule has 1 saturated heterocycles. The Bertz CT molecular complexity index is 681. The number of nitrogens with one attached hydrogen (secondary N) is 1. The maximum absolute atomic E-state index is 12.0. The van der Waals surface area contributed by atoms with Gasteiger partial charge < -0.3 is 10.4 Å². The third-order valence-corrected chi connectivity index (χ3v) is 5.32. The van der Waals surface area contributed by atoms with E-state index < -0.39 is 15.8 Å². The van der Waals surface area contributed by atoms with Crippen molar-refractivity contribution in [2.24, 2.45) is 5.92 Å². The van der Waals surface area contributed by atoms with Crippen LogP contribution in [-0.4, -0.2) is 36.9 Å².